The Morgan fingerprint density at radius 3 is 2.04 bits per heavy atom. The third kappa shape index (κ3) is 3.79. The summed E-state index contributed by atoms with van der Waals surface area (Å²) in [5.41, 5.74) is -0.260. The second-order valence-corrected chi connectivity index (χ2v) is 9.97. The minimum atomic E-state index is -0.524. The first-order valence-corrected chi connectivity index (χ1v) is 11.1. The molecule has 0 spiro atoms. The summed E-state index contributed by atoms with van der Waals surface area (Å²) < 4.78 is 5.18. The molecule has 28 heavy (non-hydrogen) atoms. The van der Waals surface area contributed by atoms with E-state index in [0.717, 1.165) is 38.5 Å². The average Bonchev–Trinajstić information content (AvgIpc) is 2.63. The van der Waals surface area contributed by atoms with Gasteiger partial charge in [0.05, 0.1) is 0 Å². The van der Waals surface area contributed by atoms with Gasteiger partial charge < -0.3 is 15.0 Å². The van der Waals surface area contributed by atoms with Crippen LogP contribution in [0.1, 0.15) is 71.6 Å². The number of rotatable bonds is 5. The monoisotopic (exact) mass is 390 g/mol. The maximum Gasteiger partial charge on any atom is 0.325 e. The van der Waals surface area contributed by atoms with Gasteiger partial charge >= 0.3 is 5.97 Å². The molecule has 1 saturated heterocycles. The van der Waals surface area contributed by atoms with Crippen LogP contribution in [-0.2, 0) is 19.1 Å². The van der Waals surface area contributed by atoms with Gasteiger partial charge in [-0.05, 0) is 89.4 Å². The van der Waals surface area contributed by atoms with E-state index in [0.29, 0.717) is 17.8 Å². The van der Waals surface area contributed by atoms with Gasteiger partial charge in [-0.2, -0.15) is 0 Å². The maximum atomic E-state index is 12.9. The van der Waals surface area contributed by atoms with Crippen LogP contribution in [0.15, 0.2) is 0 Å². The summed E-state index contributed by atoms with van der Waals surface area (Å²) >= 11 is 0. The molecular formula is C22H34N2O4. The van der Waals surface area contributed by atoms with Gasteiger partial charge in [-0.25, -0.2) is 0 Å². The first-order chi connectivity index (χ1) is 13.4. The van der Waals surface area contributed by atoms with Crippen molar-refractivity contribution in [1.82, 2.24) is 10.2 Å². The van der Waals surface area contributed by atoms with Gasteiger partial charge in [-0.15, -0.1) is 0 Å². The Morgan fingerprint density at radius 2 is 1.50 bits per heavy atom. The first kappa shape index (κ1) is 19.7. The van der Waals surface area contributed by atoms with E-state index in [1.165, 1.54) is 19.3 Å². The van der Waals surface area contributed by atoms with E-state index in [4.69, 9.17) is 4.74 Å². The molecule has 2 atom stereocenters. The number of carbonyl (C=O) groups excluding carboxylic acids is 3. The third-order valence-corrected chi connectivity index (χ3v) is 7.75. The number of hydrogen-bond acceptors (Lipinski definition) is 4. The zero-order valence-corrected chi connectivity index (χ0v) is 17.2. The maximum absolute atomic E-state index is 12.9. The highest BCUT2D eigenvalue weighted by Crippen LogP contribution is 2.60. The molecule has 5 fully saturated rings. The Hall–Kier alpha value is -1.59. The van der Waals surface area contributed by atoms with Crippen molar-refractivity contribution in [1.29, 1.82) is 0 Å². The smallest absolute Gasteiger partial charge is 0.325 e. The van der Waals surface area contributed by atoms with Crippen LogP contribution in [0, 0.1) is 23.2 Å². The number of likely N-dealkylation sites (tertiary alicyclic amines) is 1. The highest BCUT2D eigenvalue weighted by atomic mass is 16.5. The summed E-state index contributed by atoms with van der Waals surface area (Å²) in [6.45, 7) is 3.71. The van der Waals surface area contributed by atoms with Crippen molar-refractivity contribution in [3.8, 4) is 0 Å². The van der Waals surface area contributed by atoms with Crippen LogP contribution in [0.2, 0.25) is 0 Å². The molecule has 5 rings (SSSR count). The van der Waals surface area contributed by atoms with Gasteiger partial charge in [-0.3, -0.25) is 14.4 Å². The second-order valence-electron chi connectivity index (χ2n) is 9.97. The molecule has 156 valence electrons. The SMILES string of the molecule is CC1CCCC(C)N1C(=O)COC(=O)CNC(=O)C12CC3CC(CC(C3)C1)C2. The molecule has 6 heteroatoms. The molecule has 1 N–H and O–H groups in total. The fourth-order valence-electron chi connectivity index (χ4n) is 6.91. The fourth-order valence-corrected chi connectivity index (χ4v) is 6.91. The Labute approximate surface area is 167 Å². The highest BCUT2D eigenvalue weighted by molar-refractivity contribution is 5.87. The number of nitrogens with one attached hydrogen (secondary N) is 1. The molecule has 4 saturated carbocycles. The van der Waals surface area contributed by atoms with Crippen LogP contribution in [0.3, 0.4) is 0 Å². The van der Waals surface area contributed by atoms with Gasteiger partial charge in [0.25, 0.3) is 5.91 Å². The van der Waals surface area contributed by atoms with E-state index >= 15 is 0 Å². The molecule has 0 aromatic heterocycles. The third-order valence-electron chi connectivity index (χ3n) is 7.75. The summed E-state index contributed by atoms with van der Waals surface area (Å²) in [6.07, 6.45) is 9.88. The van der Waals surface area contributed by atoms with Gasteiger partial charge in [0.15, 0.2) is 6.61 Å². The molecule has 0 aromatic carbocycles. The summed E-state index contributed by atoms with van der Waals surface area (Å²) in [7, 11) is 0. The van der Waals surface area contributed by atoms with Gasteiger partial charge in [0, 0.05) is 17.5 Å². The van der Waals surface area contributed by atoms with Crippen molar-refractivity contribution in [3.05, 3.63) is 0 Å². The van der Waals surface area contributed by atoms with Gasteiger partial charge in [-0.1, -0.05) is 0 Å². The van der Waals surface area contributed by atoms with E-state index in [2.05, 4.69) is 5.32 Å². The first-order valence-electron chi connectivity index (χ1n) is 11.1. The van der Waals surface area contributed by atoms with Crippen LogP contribution >= 0.6 is 0 Å². The number of amides is 2. The minimum Gasteiger partial charge on any atom is -0.454 e. The number of carbonyl (C=O) groups is 3. The van der Waals surface area contributed by atoms with Crippen molar-refractivity contribution in [3.63, 3.8) is 0 Å². The van der Waals surface area contributed by atoms with E-state index in [1.54, 1.807) is 0 Å². The second kappa shape index (κ2) is 7.68. The van der Waals surface area contributed by atoms with Crippen molar-refractivity contribution in [2.75, 3.05) is 13.2 Å². The lowest BCUT2D eigenvalue weighted by molar-refractivity contribution is -0.156. The number of ether oxygens (including phenoxy) is 1. The van der Waals surface area contributed by atoms with Crippen molar-refractivity contribution < 1.29 is 19.1 Å². The van der Waals surface area contributed by atoms with Gasteiger partial charge in [0.2, 0.25) is 5.91 Å². The molecule has 1 aliphatic heterocycles. The van der Waals surface area contributed by atoms with E-state index in [1.807, 2.05) is 18.7 Å². The molecule has 4 aliphatic carbocycles. The highest BCUT2D eigenvalue weighted by Gasteiger charge is 2.54. The standard InChI is InChI=1S/C22H34N2O4/c1-14-4-3-5-15(2)24(14)19(25)13-28-20(26)12-23-21(27)22-9-16-6-17(10-22)8-18(7-16)11-22/h14-18H,3-13H2,1-2H3,(H,23,27). The molecule has 4 bridgehead atoms. The lowest BCUT2D eigenvalue weighted by atomic mass is 9.49. The predicted octanol–water partition coefficient (Wildman–Crippen LogP) is 2.65. The number of piperidine rings is 1. The number of nitrogens with zero attached hydrogens (tertiary/aromatic N) is 1. The summed E-state index contributed by atoms with van der Waals surface area (Å²) in [6, 6.07) is 0.372. The van der Waals surface area contributed by atoms with Crippen LogP contribution in [-0.4, -0.2) is 47.9 Å². The number of hydrogen-bond donors (Lipinski definition) is 1. The normalized spacial score (nSPS) is 38.9. The molecule has 2 amide bonds. The van der Waals surface area contributed by atoms with Crippen LogP contribution in [0.4, 0.5) is 0 Å². The van der Waals surface area contributed by atoms with Crippen LogP contribution in [0.5, 0.6) is 0 Å². The average molecular weight is 391 g/mol. The largest absolute Gasteiger partial charge is 0.454 e. The molecule has 6 nitrogen and oxygen atoms in total. The Kier molecular flexibility index (Phi) is 5.41. The van der Waals surface area contributed by atoms with Crippen molar-refractivity contribution in [2.24, 2.45) is 23.2 Å². The topological polar surface area (TPSA) is 75.7 Å². The molecular weight excluding hydrogens is 356 g/mol. The quantitative estimate of drug-likeness (QED) is 0.732. The Balaban J connectivity index is 1.23. The molecule has 5 aliphatic rings. The summed E-state index contributed by atoms with van der Waals surface area (Å²) in [5, 5.41) is 2.82. The fraction of sp³-hybridized carbons (Fsp3) is 0.864. The number of esters is 1. The van der Waals surface area contributed by atoms with Gasteiger partial charge in [0.1, 0.15) is 6.54 Å². The Morgan fingerprint density at radius 1 is 0.964 bits per heavy atom. The van der Waals surface area contributed by atoms with Crippen LogP contribution < -0.4 is 5.32 Å². The lowest BCUT2D eigenvalue weighted by Gasteiger charge is -2.55. The lowest BCUT2D eigenvalue weighted by Crippen LogP contribution is -2.54. The molecule has 2 unspecified atom stereocenters. The van der Waals surface area contributed by atoms with E-state index < -0.39 is 5.97 Å². The molecule has 1 heterocycles. The van der Waals surface area contributed by atoms with E-state index in [9.17, 15) is 14.4 Å². The predicted molar refractivity (Wildman–Crippen MR) is 104 cm³/mol. The van der Waals surface area contributed by atoms with Crippen molar-refractivity contribution >= 4 is 17.8 Å². The zero-order chi connectivity index (χ0) is 19.9. The Bertz CT molecular complexity index is 601. The molecule has 0 radical (unpaired) electrons. The van der Waals surface area contributed by atoms with E-state index in [-0.39, 0.29) is 42.5 Å². The van der Waals surface area contributed by atoms with Crippen molar-refractivity contribution in [2.45, 2.75) is 83.7 Å². The summed E-state index contributed by atoms with van der Waals surface area (Å²) in [5.74, 6) is 1.43. The zero-order valence-electron chi connectivity index (χ0n) is 17.2. The minimum absolute atomic E-state index is 0.0214. The van der Waals surface area contributed by atoms with Crippen LogP contribution in [0.25, 0.3) is 0 Å². The summed E-state index contributed by atoms with van der Waals surface area (Å²) in [4.78, 5) is 39.3. The molecule has 0 aromatic rings.